The maximum Gasteiger partial charge on any atom is 0.472 e. The van der Waals surface area contributed by atoms with E-state index in [1.54, 1.807) is 0 Å². The fourth-order valence-electron chi connectivity index (χ4n) is 10.1. The predicted molar refractivity (Wildman–Crippen MR) is 349 cm³/mol. The fraction of sp³-hybridized carbons (Fsp3) is 0.941. The van der Waals surface area contributed by atoms with E-state index in [-0.39, 0.29) is 25.7 Å². The Morgan fingerprint density at radius 1 is 0.322 bits per heavy atom. The van der Waals surface area contributed by atoms with Crippen molar-refractivity contribution in [3.8, 4) is 0 Å². The molecule has 0 radical (unpaired) electrons. The first kappa shape index (κ1) is 85.1. The molecule has 6 atom stereocenters. The van der Waals surface area contributed by atoms with Crippen LogP contribution in [0.3, 0.4) is 0 Å². The molecule has 0 aliphatic carbocycles. The van der Waals surface area contributed by atoms with Gasteiger partial charge in [0.25, 0.3) is 0 Å². The minimum absolute atomic E-state index is 0.102. The molecule has 516 valence electrons. The monoisotopic (exact) mass is 1280 g/mol. The van der Waals surface area contributed by atoms with E-state index in [1.807, 2.05) is 0 Å². The van der Waals surface area contributed by atoms with Gasteiger partial charge in [0.1, 0.15) is 19.3 Å². The zero-order valence-corrected chi connectivity index (χ0v) is 58.4. The summed E-state index contributed by atoms with van der Waals surface area (Å²) >= 11 is 0. The standard InChI is InChI=1S/C68H132O17P2/c1-9-61(8)47-39-31-26-27-35-43-51-68(73)85-64(55-78-65(70)48-40-32-23-17-13-15-21-29-37-45-59(4)5)57-83-87(76,77)81-53-62(69)52-80-86(74,75)82-56-63(54-79-66(71)49-41-33-24-19-18-22-30-38-46-60(6)7)84-67(72)50-42-34-25-16-12-10-11-14-20-28-36-44-58(2)3/h58-64,69H,9-57H2,1-8H3,(H,74,75)(H,76,77)/t61?,62?,63-,64-/m1/s1. The number of hydrogen-bond donors (Lipinski definition) is 3. The number of esters is 4. The number of aliphatic hydroxyl groups excluding tert-OH is 1. The van der Waals surface area contributed by atoms with Crippen molar-refractivity contribution in [1.82, 2.24) is 0 Å². The van der Waals surface area contributed by atoms with Gasteiger partial charge in [0.05, 0.1) is 26.4 Å². The van der Waals surface area contributed by atoms with E-state index in [4.69, 9.17) is 37.0 Å². The van der Waals surface area contributed by atoms with Crippen LogP contribution in [0.1, 0.15) is 331 Å². The van der Waals surface area contributed by atoms with Gasteiger partial charge in [-0.3, -0.25) is 37.3 Å². The molecule has 0 amide bonds. The second-order valence-corrected chi connectivity index (χ2v) is 29.1. The summed E-state index contributed by atoms with van der Waals surface area (Å²) in [5, 5.41) is 10.6. The highest BCUT2D eigenvalue weighted by molar-refractivity contribution is 7.47. The molecule has 87 heavy (non-hydrogen) atoms. The van der Waals surface area contributed by atoms with E-state index >= 15 is 0 Å². The number of unbranched alkanes of at least 4 members (excludes halogenated alkanes) is 30. The molecule has 19 heteroatoms. The van der Waals surface area contributed by atoms with Crippen molar-refractivity contribution in [2.75, 3.05) is 39.6 Å². The van der Waals surface area contributed by atoms with Crippen molar-refractivity contribution in [3.05, 3.63) is 0 Å². The Kier molecular flexibility index (Phi) is 56.6. The first-order valence-electron chi connectivity index (χ1n) is 35.2. The number of phosphoric ester groups is 2. The molecule has 0 aliphatic heterocycles. The topological polar surface area (TPSA) is 237 Å². The van der Waals surface area contributed by atoms with Crippen molar-refractivity contribution in [1.29, 1.82) is 0 Å². The number of ether oxygens (including phenoxy) is 4. The third-order valence-electron chi connectivity index (χ3n) is 15.9. The van der Waals surface area contributed by atoms with Crippen LogP contribution in [-0.4, -0.2) is 96.7 Å². The van der Waals surface area contributed by atoms with Crippen molar-refractivity contribution in [2.24, 2.45) is 23.7 Å². The van der Waals surface area contributed by atoms with E-state index in [2.05, 4.69) is 55.4 Å². The van der Waals surface area contributed by atoms with E-state index < -0.39 is 97.5 Å². The van der Waals surface area contributed by atoms with Gasteiger partial charge < -0.3 is 33.8 Å². The summed E-state index contributed by atoms with van der Waals surface area (Å²) in [5.41, 5.74) is 0. The Bertz CT molecular complexity index is 1730. The molecule has 0 rings (SSSR count). The Morgan fingerprint density at radius 3 is 0.816 bits per heavy atom. The summed E-state index contributed by atoms with van der Waals surface area (Å²) in [6.45, 7) is 14.0. The van der Waals surface area contributed by atoms with Gasteiger partial charge >= 0.3 is 39.5 Å². The molecule has 0 heterocycles. The quantitative estimate of drug-likeness (QED) is 0.0222. The van der Waals surface area contributed by atoms with Crippen LogP contribution in [0.2, 0.25) is 0 Å². The van der Waals surface area contributed by atoms with Crippen LogP contribution >= 0.6 is 15.6 Å². The van der Waals surface area contributed by atoms with E-state index in [0.717, 1.165) is 114 Å². The Morgan fingerprint density at radius 2 is 0.552 bits per heavy atom. The molecule has 0 aromatic carbocycles. The van der Waals surface area contributed by atoms with Crippen LogP contribution in [0.5, 0.6) is 0 Å². The van der Waals surface area contributed by atoms with Crippen LogP contribution in [0.4, 0.5) is 0 Å². The summed E-state index contributed by atoms with van der Waals surface area (Å²) < 4.78 is 68.2. The van der Waals surface area contributed by atoms with Crippen LogP contribution in [-0.2, 0) is 65.4 Å². The molecule has 4 unspecified atom stereocenters. The fourth-order valence-corrected chi connectivity index (χ4v) is 11.7. The second-order valence-electron chi connectivity index (χ2n) is 26.2. The summed E-state index contributed by atoms with van der Waals surface area (Å²) in [4.78, 5) is 72.4. The highest BCUT2D eigenvalue weighted by atomic mass is 31.2. The Balaban J connectivity index is 5.26. The van der Waals surface area contributed by atoms with Gasteiger partial charge in [-0.2, -0.15) is 0 Å². The van der Waals surface area contributed by atoms with Gasteiger partial charge in [0, 0.05) is 25.7 Å². The summed E-state index contributed by atoms with van der Waals surface area (Å²) in [7, 11) is -9.90. The molecule has 0 bridgehead atoms. The maximum atomic E-state index is 13.0. The molecule has 17 nitrogen and oxygen atoms in total. The van der Waals surface area contributed by atoms with Crippen molar-refractivity contribution in [2.45, 2.75) is 350 Å². The summed E-state index contributed by atoms with van der Waals surface area (Å²) in [5.74, 6) is 0.821. The molecule has 0 saturated heterocycles. The maximum absolute atomic E-state index is 13.0. The molecule has 3 N–H and O–H groups in total. The Labute approximate surface area is 530 Å². The van der Waals surface area contributed by atoms with Gasteiger partial charge in [0.15, 0.2) is 12.2 Å². The van der Waals surface area contributed by atoms with Gasteiger partial charge in [-0.1, -0.05) is 280 Å². The molecule has 0 aliphatic rings. The van der Waals surface area contributed by atoms with E-state index in [0.29, 0.717) is 25.7 Å². The number of rotatable bonds is 65. The van der Waals surface area contributed by atoms with Crippen LogP contribution in [0.25, 0.3) is 0 Å². The molecule has 0 saturated carbocycles. The third-order valence-corrected chi connectivity index (χ3v) is 17.8. The van der Waals surface area contributed by atoms with Crippen molar-refractivity contribution in [3.63, 3.8) is 0 Å². The van der Waals surface area contributed by atoms with Crippen LogP contribution in [0.15, 0.2) is 0 Å². The van der Waals surface area contributed by atoms with Gasteiger partial charge in [-0.05, 0) is 49.4 Å². The number of phosphoric acid groups is 2. The normalized spacial score (nSPS) is 14.6. The molecule has 0 fully saturated rings. The lowest BCUT2D eigenvalue weighted by Gasteiger charge is -2.21. The number of hydrogen-bond acceptors (Lipinski definition) is 15. The smallest absolute Gasteiger partial charge is 0.462 e. The summed E-state index contributed by atoms with van der Waals surface area (Å²) in [6, 6.07) is 0. The van der Waals surface area contributed by atoms with E-state index in [9.17, 15) is 43.2 Å². The second kappa shape index (κ2) is 57.9. The number of carbonyl (C=O) groups is 4. The molecule has 0 aromatic heterocycles. The SMILES string of the molecule is CCC(C)CCCCCCCCC(=O)O[C@H](COC(=O)CCCCCCCCCCCC(C)C)COP(=O)(O)OCC(O)COP(=O)(O)OC[C@@H](COC(=O)CCCCCCCCCCC(C)C)OC(=O)CCCCCCCCCCCCCC(C)C. The minimum atomic E-state index is -4.95. The molecule has 0 spiro atoms. The average molecular weight is 1280 g/mol. The lowest BCUT2D eigenvalue weighted by atomic mass is 10.00. The highest BCUT2D eigenvalue weighted by Gasteiger charge is 2.30. The van der Waals surface area contributed by atoms with Gasteiger partial charge in [-0.25, -0.2) is 9.13 Å². The average Bonchev–Trinajstić information content (AvgIpc) is 3.49. The first-order valence-corrected chi connectivity index (χ1v) is 38.2. The van der Waals surface area contributed by atoms with Gasteiger partial charge in [-0.15, -0.1) is 0 Å². The molecule has 0 aromatic rings. The van der Waals surface area contributed by atoms with E-state index in [1.165, 1.54) is 135 Å². The number of carbonyl (C=O) groups excluding carboxylic acids is 4. The zero-order chi connectivity index (χ0) is 64.7. The predicted octanol–water partition coefficient (Wildman–Crippen LogP) is 18.9. The largest absolute Gasteiger partial charge is 0.472 e. The molecular weight excluding hydrogens is 1150 g/mol. The van der Waals surface area contributed by atoms with Crippen LogP contribution in [0, 0.1) is 23.7 Å². The third kappa shape index (κ3) is 61.3. The lowest BCUT2D eigenvalue weighted by Crippen LogP contribution is -2.30. The zero-order valence-electron chi connectivity index (χ0n) is 56.6. The highest BCUT2D eigenvalue weighted by Crippen LogP contribution is 2.45. The first-order chi connectivity index (χ1) is 41.6. The van der Waals surface area contributed by atoms with Crippen molar-refractivity contribution >= 4 is 39.5 Å². The van der Waals surface area contributed by atoms with Crippen LogP contribution < -0.4 is 0 Å². The number of aliphatic hydroxyl groups is 1. The van der Waals surface area contributed by atoms with Gasteiger partial charge in [0.2, 0.25) is 0 Å². The lowest BCUT2D eigenvalue weighted by molar-refractivity contribution is -0.161. The summed E-state index contributed by atoms with van der Waals surface area (Å²) in [6.07, 6.45) is 39.0. The minimum Gasteiger partial charge on any atom is -0.462 e. The Hall–Kier alpha value is -1.94. The van der Waals surface area contributed by atoms with Crippen molar-refractivity contribution < 1.29 is 80.2 Å². The molecular formula is C68H132O17P2.